The molecule has 29 heavy (non-hydrogen) atoms. The molecule has 0 fully saturated rings. The number of thiophene rings is 1. The van der Waals surface area contributed by atoms with E-state index in [1.807, 2.05) is 14.1 Å². The summed E-state index contributed by atoms with van der Waals surface area (Å²) in [7, 11) is 4.05. The van der Waals surface area contributed by atoms with Crippen LogP contribution in [0.4, 0.5) is 0 Å². The van der Waals surface area contributed by atoms with E-state index in [0.717, 1.165) is 41.7 Å². The van der Waals surface area contributed by atoms with E-state index >= 15 is 0 Å². The third kappa shape index (κ3) is 4.00. The molecule has 3 aromatic heterocycles. The highest BCUT2D eigenvalue weighted by atomic mass is 32.1. The third-order valence-electron chi connectivity index (χ3n) is 5.88. The van der Waals surface area contributed by atoms with Crippen molar-refractivity contribution < 1.29 is 4.79 Å². The van der Waals surface area contributed by atoms with Crippen molar-refractivity contribution in [2.24, 2.45) is 11.3 Å². The molecule has 8 heteroatoms. The number of carbonyl (C=O) groups is 1. The van der Waals surface area contributed by atoms with Gasteiger partial charge in [0.2, 0.25) is 5.82 Å². The van der Waals surface area contributed by atoms with Gasteiger partial charge in [-0.05, 0) is 63.2 Å². The third-order valence-corrected chi connectivity index (χ3v) is 7.04. The van der Waals surface area contributed by atoms with Crippen LogP contribution in [0, 0.1) is 11.3 Å². The molecule has 156 valence electrons. The van der Waals surface area contributed by atoms with Crippen molar-refractivity contribution in [3.63, 3.8) is 0 Å². The van der Waals surface area contributed by atoms with Gasteiger partial charge in [0.25, 0.3) is 5.91 Å². The average molecular weight is 415 g/mol. The fourth-order valence-corrected chi connectivity index (χ4v) is 5.35. The van der Waals surface area contributed by atoms with Crippen LogP contribution >= 0.6 is 11.3 Å². The second-order valence-corrected chi connectivity index (χ2v) is 10.4. The molecule has 3 aromatic rings. The largest absolute Gasteiger partial charge is 0.349 e. The minimum atomic E-state index is -0.225. The Kier molecular flexibility index (Phi) is 5.33. The van der Waals surface area contributed by atoms with E-state index in [0.29, 0.717) is 17.9 Å². The molecule has 3 heterocycles. The molecule has 0 bridgehead atoms. The lowest BCUT2D eigenvalue weighted by Gasteiger charge is -2.33. The predicted octanol–water partition coefficient (Wildman–Crippen LogP) is 3.17. The molecule has 0 saturated carbocycles. The van der Waals surface area contributed by atoms with Crippen molar-refractivity contribution in [2.45, 2.75) is 46.5 Å². The number of hydrogen-bond acceptors (Lipinski definition) is 6. The van der Waals surface area contributed by atoms with Gasteiger partial charge in [0.05, 0.1) is 5.39 Å². The lowest BCUT2D eigenvalue weighted by molar-refractivity contribution is 0.0942. The molecule has 1 N–H and O–H groups in total. The van der Waals surface area contributed by atoms with Crippen molar-refractivity contribution >= 4 is 33.1 Å². The number of aromatic nitrogens is 4. The Morgan fingerprint density at radius 2 is 2.17 bits per heavy atom. The molecule has 0 aliphatic heterocycles. The molecule has 0 unspecified atom stereocenters. The molecule has 1 aliphatic carbocycles. The van der Waals surface area contributed by atoms with Crippen molar-refractivity contribution in [1.82, 2.24) is 29.8 Å². The first kappa shape index (κ1) is 20.2. The van der Waals surface area contributed by atoms with E-state index in [2.05, 4.69) is 46.1 Å². The van der Waals surface area contributed by atoms with Gasteiger partial charge in [0.1, 0.15) is 11.2 Å². The quantitative estimate of drug-likeness (QED) is 0.649. The summed E-state index contributed by atoms with van der Waals surface area (Å²) in [4.78, 5) is 26.2. The van der Waals surface area contributed by atoms with E-state index < -0.39 is 0 Å². The molecular weight excluding hydrogens is 384 g/mol. The molecule has 7 nitrogen and oxygen atoms in total. The van der Waals surface area contributed by atoms with Crippen LogP contribution in [0.15, 0.2) is 6.33 Å². The lowest BCUT2D eigenvalue weighted by Crippen LogP contribution is -2.28. The smallest absolute Gasteiger partial charge is 0.290 e. The highest BCUT2D eigenvalue weighted by Gasteiger charge is 2.32. The fourth-order valence-electron chi connectivity index (χ4n) is 4.09. The normalized spacial score (nSPS) is 17.2. The Balaban J connectivity index is 1.61. The number of aryl methyl sites for hydroxylation is 1. The number of carbonyl (C=O) groups excluding carboxylic acids is 1. The number of nitrogens with zero attached hydrogens (tertiary/aromatic N) is 5. The summed E-state index contributed by atoms with van der Waals surface area (Å²) in [5, 5.41) is 8.39. The maximum Gasteiger partial charge on any atom is 0.290 e. The van der Waals surface area contributed by atoms with E-state index in [9.17, 15) is 4.79 Å². The molecule has 1 atom stereocenters. The minimum Gasteiger partial charge on any atom is -0.349 e. The number of fused-ring (bicyclic) bond motifs is 5. The Morgan fingerprint density at radius 1 is 1.38 bits per heavy atom. The zero-order valence-corrected chi connectivity index (χ0v) is 18.8. The summed E-state index contributed by atoms with van der Waals surface area (Å²) in [5.41, 5.74) is 2.41. The Hall–Kier alpha value is -2.06. The van der Waals surface area contributed by atoms with Gasteiger partial charge < -0.3 is 10.2 Å². The van der Waals surface area contributed by atoms with Crippen LogP contribution in [0.25, 0.3) is 15.9 Å². The topological polar surface area (TPSA) is 75.4 Å². The monoisotopic (exact) mass is 414 g/mol. The van der Waals surface area contributed by atoms with Gasteiger partial charge in [-0.3, -0.25) is 4.79 Å². The van der Waals surface area contributed by atoms with Gasteiger partial charge in [-0.1, -0.05) is 20.8 Å². The molecule has 1 amide bonds. The van der Waals surface area contributed by atoms with Gasteiger partial charge >= 0.3 is 0 Å². The zero-order chi connectivity index (χ0) is 20.8. The molecule has 1 aliphatic rings. The Bertz CT molecular complexity index is 1040. The van der Waals surface area contributed by atoms with E-state index in [1.54, 1.807) is 22.2 Å². The van der Waals surface area contributed by atoms with Crippen LogP contribution in [0.1, 0.15) is 54.7 Å². The highest BCUT2D eigenvalue weighted by Crippen LogP contribution is 2.43. The van der Waals surface area contributed by atoms with Gasteiger partial charge in [0.15, 0.2) is 5.65 Å². The highest BCUT2D eigenvalue weighted by molar-refractivity contribution is 7.19. The van der Waals surface area contributed by atoms with Crippen molar-refractivity contribution in [3.8, 4) is 0 Å². The summed E-state index contributed by atoms with van der Waals surface area (Å²) >= 11 is 1.77. The number of hydrogen-bond donors (Lipinski definition) is 1. The maximum atomic E-state index is 12.5. The van der Waals surface area contributed by atoms with Crippen LogP contribution in [-0.2, 0) is 12.8 Å². The van der Waals surface area contributed by atoms with Crippen LogP contribution in [0.2, 0.25) is 0 Å². The number of amides is 1. The first-order chi connectivity index (χ1) is 13.7. The van der Waals surface area contributed by atoms with Gasteiger partial charge in [-0.15, -0.1) is 16.4 Å². The first-order valence-corrected chi connectivity index (χ1v) is 11.1. The van der Waals surface area contributed by atoms with Crippen LogP contribution < -0.4 is 5.32 Å². The molecule has 0 spiro atoms. The minimum absolute atomic E-state index is 0.215. The van der Waals surface area contributed by atoms with Gasteiger partial charge in [-0.2, -0.15) is 0 Å². The van der Waals surface area contributed by atoms with E-state index in [4.69, 9.17) is 0 Å². The van der Waals surface area contributed by atoms with Gasteiger partial charge in [-0.25, -0.2) is 14.5 Å². The Morgan fingerprint density at radius 3 is 2.90 bits per heavy atom. The second-order valence-electron chi connectivity index (χ2n) is 9.35. The number of rotatable bonds is 5. The van der Waals surface area contributed by atoms with Crippen molar-refractivity contribution in [1.29, 1.82) is 0 Å². The first-order valence-electron chi connectivity index (χ1n) is 10.3. The SMILES string of the molecule is CN(C)CCCNC(=O)c1nc2c3c4c(sc3ncn2n1)C[C@H](C(C)(C)C)CC4. The van der Waals surface area contributed by atoms with Gasteiger partial charge in [0, 0.05) is 11.4 Å². The molecule has 0 aromatic carbocycles. The van der Waals surface area contributed by atoms with Crippen LogP contribution in [0.5, 0.6) is 0 Å². The number of nitrogens with one attached hydrogen (secondary N) is 1. The van der Waals surface area contributed by atoms with Crippen molar-refractivity contribution in [2.75, 3.05) is 27.2 Å². The van der Waals surface area contributed by atoms with Crippen LogP contribution in [0.3, 0.4) is 0 Å². The summed E-state index contributed by atoms with van der Waals surface area (Å²) in [6, 6.07) is 0. The lowest BCUT2D eigenvalue weighted by atomic mass is 9.72. The molecule has 4 rings (SSSR count). The summed E-state index contributed by atoms with van der Waals surface area (Å²) in [6.07, 6.45) is 5.88. The average Bonchev–Trinajstić information content (AvgIpc) is 3.24. The summed E-state index contributed by atoms with van der Waals surface area (Å²) in [5.74, 6) is 0.672. The van der Waals surface area contributed by atoms with E-state index in [-0.39, 0.29) is 11.7 Å². The Labute approximate surface area is 175 Å². The van der Waals surface area contributed by atoms with E-state index in [1.165, 1.54) is 16.9 Å². The zero-order valence-electron chi connectivity index (χ0n) is 17.9. The molecule has 0 radical (unpaired) electrons. The van der Waals surface area contributed by atoms with Crippen LogP contribution in [-0.4, -0.2) is 57.6 Å². The standard InChI is InChI=1S/C21H30N6OS/c1-21(2,3)13-7-8-14-15(11-13)29-20-16(14)18-24-17(25-27(18)12-23-20)19(28)22-9-6-10-26(4)5/h12-13H,6-11H2,1-5H3,(H,22,28)/t13-/m1/s1. The molecular formula is C21H30N6OS. The van der Waals surface area contributed by atoms with Crippen molar-refractivity contribution in [3.05, 3.63) is 22.6 Å². The molecule has 0 saturated heterocycles. The maximum absolute atomic E-state index is 12.5. The summed E-state index contributed by atoms with van der Waals surface area (Å²) in [6.45, 7) is 8.53. The fraction of sp³-hybridized carbons (Fsp3) is 0.619. The summed E-state index contributed by atoms with van der Waals surface area (Å²) < 4.78 is 1.65. The predicted molar refractivity (Wildman–Crippen MR) is 117 cm³/mol. The second kappa shape index (κ2) is 7.65.